The molecule has 0 heterocycles. The van der Waals surface area contributed by atoms with Gasteiger partial charge >= 0.3 is 5.95 Å². The van der Waals surface area contributed by atoms with Crippen LogP contribution < -0.4 is 0 Å². The molecule has 0 saturated carbocycles. The van der Waals surface area contributed by atoms with Crippen LogP contribution in [0.3, 0.4) is 0 Å². The predicted molar refractivity (Wildman–Crippen MR) is 47.3 cm³/mol. The molecule has 0 aliphatic rings. The Labute approximate surface area is 74.7 Å². The van der Waals surface area contributed by atoms with E-state index >= 15 is 0 Å². The molecule has 0 atom stereocenters. The topological polar surface area (TPSA) is 43.1 Å². The van der Waals surface area contributed by atoms with Crippen LogP contribution in [0.1, 0.15) is 11.1 Å². The fourth-order valence-electron chi connectivity index (χ4n) is 0.950. The molecular weight excluding hydrogens is 173 g/mol. The zero-order chi connectivity index (χ0) is 9.84. The Morgan fingerprint density at radius 1 is 1.62 bits per heavy atom. The lowest BCUT2D eigenvalue weighted by Crippen LogP contribution is -1.91. The van der Waals surface area contributed by atoms with Crippen molar-refractivity contribution in [3.63, 3.8) is 0 Å². The first-order valence-corrected chi connectivity index (χ1v) is 3.68. The lowest BCUT2D eigenvalue weighted by molar-refractivity contribution is -0.445. The summed E-state index contributed by atoms with van der Waals surface area (Å²) in [5.74, 6) is -1.34. The first-order chi connectivity index (χ1) is 6.09. The Kier molecular flexibility index (Phi) is 2.74. The molecule has 0 fully saturated rings. The lowest BCUT2D eigenvalue weighted by Gasteiger charge is -1.93. The highest BCUT2D eigenvalue weighted by Gasteiger charge is 2.06. The van der Waals surface area contributed by atoms with Crippen LogP contribution in [0.4, 0.5) is 4.39 Å². The van der Waals surface area contributed by atoms with Crippen LogP contribution in [0, 0.1) is 17.0 Å². The predicted octanol–water partition coefficient (Wildman–Crippen LogP) is 2.54. The Bertz CT molecular complexity index is 360. The number of nitrogens with zero attached hydrogens (tertiary/aromatic N) is 1. The van der Waals surface area contributed by atoms with E-state index in [1.54, 1.807) is 18.2 Å². The van der Waals surface area contributed by atoms with Gasteiger partial charge in [0.1, 0.15) is 0 Å². The number of rotatable bonds is 2. The average molecular weight is 181 g/mol. The van der Waals surface area contributed by atoms with Gasteiger partial charge in [-0.2, -0.15) is 0 Å². The molecule has 0 N–H and O–H groups in total. The van der Waals surface area contributed by atoms with Gasteiger partial charge in [0.25, 0.3) is 0 Å². The summed E-state index contributed by atoms with van der Waals surface area (Å²) in [6, 6.07) is 6.83. The minimum atomic E-state index is -1.34. The van der Waals surface area contributed by atoms with Crippen molar-refractivity contribution in [1.29, 1.82) is 0 Å². The third kappa shape index (κ3) is 2.66. The molecule has 1 aromatic carbocycles. The van der Waals surface area contributed by atoms with E-state index in [4.69, 9.17) is 0 Å². The average Bonchev–Trinajstić information content (AvgIpc) is 2.04. The second kappa shape index (κ2) is 3.80. The lowest BCUT2D eigenvalue weighted by atomic mass is 10.1. The van der Waals surface area contributed by atoms with Gasteiger partial charge in [-0.25, -0.2) is 0 Å². The number of benzene rings is 1. The third-order valence-electron chi connectivity index (χ3n) is 1.50. The van der Waals surface area contributed by atoms with Crippen LogP contribution in [-0.4, -0.2) is 4.92 Å². The normalized spacial score (nSPS) is 11.4. The largest absolute Gasteiger partial charge is 0.419 e. The number of hydrogen-bond donors (Lipinski definition) is 0. The monoisotopic (exact) mass is 181 g/mol. The second-order valence-corrected chi connectivity index (χ2v) is 2.64. The van der Waals surface area contributed by atoms with Crippen molar-refractivity contribution in [2.45, 2.75) is 6.92 Å². The summed E-state index contributed by atoms with van der Waals surface area (Å²) in [6.07, 6.45) is 0.896. The number of nitro groups is 1. The zero-order valence-electron chi connectivity index (χ0n) is 7.03. The molecular formula is C9H8FNO2. The fraction of sp³-hybridized carbons (Fsp3) is 0.111. The van der Waals surface area contributed by atoms with Gasteiger partial charge in [0.05, 0.1) is 11.0 Å². The maximum Gasteiger partial charge on any atom is 0.419 e. The molecule has 3 nitrogen and oxygen atoms in total. The first kappa shape index (κ1) is 9.38. The molecule has 1 aromatic rings. The molecule has 0 spiro atoms. The zero-order valence-corrected chi connectivity index (χ0v) is 7.03. The molecule has 13 heavy (non-hydrogen) atoms. The van der Waals surface area contributed by atoms with Gasteiger partial charge in [-0.1, -0.05) is 29.8 Å². The molecule has 0 saturated heterocycles. The molecule has 0 aliphatic carbocycles. The van der Waals surface area contributed by atoms with Crippen LogP contribution in [0.25, 0.3) is 6.08 Å². The van der Waals surface area contributed by atoms with Crippen LogP contribution in [-0.2, 0) is 0 Å². The van der Waals surface area contributed by atoms with Crippen molar-refractivity contribution < 1.29 is 9.31 Å². The maximum atomic E-state index is 12.5. The van der Waals surface area contributed by atoms with E-state index in [9.17, 15) is 14.5 Å². The fourth-order valence-corrected chi connectivity index (χ4v) is 0.950. The van der Waals surface area contributed by atoms with E-state index in [0.717, 1.165) is 11.6 Å². The summed E-state index contributed by atoms with van der Waals surface area (Å²) in [5.41, 5.74) is 1.43. The van der Waals surface area contributed by atoms with E-state index in [2.05, 4.69) is 0 Å². The molecule has 0 radical (unpaired) electrons. The van der Waals surface area contributed by atoms with Gasteiger partial charge in [-0.05, 0) is 12.5 Å². The Balaban J connectivity index is 2.97. The molecule has 1 rings (SSSR count). The highest BCUT2D eigenvalue weighted by molar-refractivity contribution is 5.50. The summed E-state index contributed by atoms with van der Waals surface area (Å²) < 4.78 is 12.5. The minimum Gasteiger partial charge on any atom is -0.256 e. The van der Waals surface area contributed by atoms with Gasteiger partial charge in [0.2, 0.25) is 0 Å². The second-order valence-electron chi connectivity index (χ2n) is 2.64. The molecule has 0 amide bonds. The standard InChI is InChI=1S/C9H8FNO2/c1-7-3-2-4-8(5-7)6-9(10)11(12)13/h2-6H,1H3. The Hall–Kier alpha value is -1.71. The van der Waals surface area contributed by atoms with Crippen molar-refractivity contribution >= 4 is 6.08 Å². The summed E-state index contributed by atoms with van der Waals surface area (Å²) >= 11 is 0. The van der Waals surface area contributed by atoms with Crippen LogP contribution in [0.2, 0.25) is 0 Å². The van der Waals surface area contributed by atoms with Gasteiger partial charge < -0.3 is 0 Å². The molecule has 0 aliphatic heterocycles. The van der Waals surface area contributed by atoms with E-state index in [-0.39, 0.29) is 0 Å². The summed E-state index contributed by atoms with van der Waals surface area (Å²) in [6.45, 7) is 1.83. The Morgan fingerprint density at radius 2 is 2.31 bits per heavy atom. The van der Waals surface area contributed by atoms with E-state index < -0.39 is 10.9 Å². The quantitative estimate of drug-likeness (QED) is 0.399. The third-order valence-corrected chi connectivity index (χ3v) is 1.50. The van der Waals surface area contributed by atoms with Crippen molar-refractivity contribution in [3.05, 3.63) is 51.5 Å². The first-order valence-electron chi connectivity index (χ1n) is 3.68. The van der Waals surface area contributed by atoms with Crippen molar-refractivity contribution in [3.8, 4) is 0 Å². The molecule has 0 aromatic heterocycles. The van der Waals surface area contributed by atoms with Gasteiger partial charge in [-0.15, -0.1) is 4.39 Å². The SMILES string of the molecule is Cc1cccc(C=C(F)[N+](=O)[O-])c1. The van der Waals surface area contributed by atoms with Crippen molar-refractivity contribution in [1.82, 2.24) is 0 Å². The highest BCUT2D eigenvalue weighted by atomic mass is 19.1. The summed E-state index contributed by atoms with van der Waals surface area (Å²) in [7, 11) is 0. The van der Waals surface area contributed by atoms with E-state index in [0.29, 0.717) is 5.56 Å². The van der Waals surface area contributed by atoms with Crippen molar-refractivity contribution in [2.24, 2.45) is 0 Å². The minimum absolute atomic E-state index is 0.495. The number of aryl methyl sites for hydroxylation is 1. The van der Waals surface area contributed by atoms with Crippen molar-refractivity contribution in [2.75, 3.05) is 0 Å². The van der Waals surface area contributed by atoms with E-state index in [1.807, 2.05) is 13.0 Å². The molecule has 68 valence electrons. The highest BCUT2D eigenvalue weighted by Crippen LogP contribution is 2.10. The van der Waals surface area contributed by atoms with Crippen LogP contribution in [0.5, 0.6) is 0 Å². The van der Waals surface area contributed by atoms with Gasteiger partial charge in [-0.3, -0.25) is 10.1 Å². The van der Waals surface area contributed by atoms with Crippen LogP contribution >= 0.6 is 0 Å². The smallest absolute Gasteiger partial charge is 0.256 e. The van der Waals surface area contributed by atoms with E-state index in [1.165, 1.54) is 0 Å². The summed E-state index contributed by atoms with van der Waals surface area (Å²) in [4.78, 5) is 8.90. The number of hydrogen-bond acceptors (Lipinski definition) is 2. The molecule has 0 bridgehead atoms. The number of halogens is 1. The van der Waals surface area contributed by atoms with Crippen LogP contribution in [0.15, 0.2) is 30.2 Å². The maximum absolute atomic E-state index is 12.5. The Morgan fingerprint density at radius 3 is 2.85 bits per heavy atom. The molecule has 4 heteroatoms. The summed E-state index contributed by atoms with van der Waals surface area (Å²) in [5, 5.41) is 9.95. The van der Waals surface area contributed by atoms with Gasteiger partial charge in [0.15, 0.2) is 0 Å². The van der Waals surface area contributed by atoms with Gasteiger partial charge in [0, 0.05) is 0 Å². The molecule has 0 unspecified atom stereocenters.